The summed E-state index contributed by atoms with van der Waals surface area (Å²) in [4.78, 5) is 13.7. The fourth-order valence-electron chi connectivity index (χ4n) is 5.03. The molecule has 1 N–H and O–H groups in total. The summed E-state index contributed by atoms with van der Waals surface area (Å²) in [7, 11) is 4.87. The standard InChI is InChI=1S/C26H26N2O5/c1-14-23-24(17-7-5-6-8-20(17)30-2)25-18(27-26(23)33-28-14)11-16(12-19(25)29)15-9-10-21(31-3)22(13-15)32-4/h5-10,13,16,24,27H,11-12H2,1-4H3. The van der Waals surface area contributed by atoms with Crippen molar-refractivity contribution in [3.8, 4) is 17.2 Å². The molecular formula is C26H26N2O5. The maximum absolute atomic E-state index is 13.7. The van der Waals surface area contributed by atoms with E-state index in [-0.39, 0.29) is 17.6 Å². The van der Waals surface area contributed by atoms with Crippen molar-refractivity contribution in [1.29, 1.82) is 0 Å². The molecule has 0 saturated carbocycles. The van der Waals surface area contributed by atoms with Crippen LogP contribution in [0, 0.1) is 6.92 Å². The Morgan fingerprint density at radius 1 is 0.970 bits per heavy atom. The number of carbonyl (C=O) groups is 1. The molecule has 1 aliphatic carbocycles. The van der Waals surface area contributed by atoms with Crippen LogP contribution in [-0.4, -0.2) is 32.3 Å². The number of hydrogen-bond acceptors (Lipinski definition) is 7. The Morgan fingerprint density at radius 3 is 2.48 bits per heavy atom. The van der Waals surface area contributed by atoms with Crippen LogP contribution in [0.25, 0.3) is 0 Å². The third kappa shape index (κ3) is 3.44. The Hall–Kier alpha value is -3.74. The van der Waals surface area contributed by atoms with Crippen molar-refractivity contribution in [1.82, 2.24) is 5.16 Å². The Morgan fingerprint density at radius 2 is 1.73 bits per heavy atom. The molecule has 2 aromatic carbocycles. The maximum atomic E-state index is 13.7. The van der Waals surface area contributed by atoms with E-state index in [9.17, 15) is 4.79 Å². The van der Waals surface area contributed by atoms with Crippen molar-refractivity contribution in [2.24, 2.45) is 0 Å². The number of aromatic nitrogens is 1. The molecule has 170 valence electrons. The number of nitrogens with one attached hydrogen (secondary N) is 1. The lowest BCUT2D eigenvalue weighted by Crippen LogP contribution is -2.29. The molecule has 7 heteroatoms. The molecule has 0 fully saturated rings. The Labute approximate surface area is 192 Å². The highest BCUT2D eigenvalue weighted by molar-refractivity contribution is 6.01. The number of Topliss-reactive ketones (excluding diaryl/α,β-unsaturated/α-hetero) is 1. The average Bonchev–Trinajstić information content (AvgIpc) is 3.22. The maximum Gasteiger partial charge on any atom is 0.233 e. The fraction of sp³-hybridized carbons (Fsp3) is 0.308. The summed E-state index contributed by atoms with van der Waals surface area (Å²) in [6, 6.07) is 13.6. The van der Waals surface area contributed by atoms with Crippen LogP contribution in [0.3, 0.4) is 0 Å². The number of anilines is 1. The lowest BCUT2D eigenvalue weighted by atomic mass is 9.72. The van der Waals surface area contributed by atoms with Gasteiger partial charge in [0.05, 0.1) is 38.5 Å². The van der Waals surface area contributed by atoms with E-state index in [1.807, 2.05) is 49.4 Å². The second kappa shape index (κ2) is 8.31. The molecule has 1 aliphatic heterocycles. The Bertz CT molecular complexity index is 1260. The number of methoxy groups -OCH3 is 3. The second-order valence-electron chi connectivity index (χ2n) is 8.35. The first-order chi connectivity index (χ1) is 16.0. The molecule has 2 heterocycles. The first-order valence-corrected chi connectivity index (χ1v) is 10.9. The largest absolute Gasteiger partial charge is 0.496 e. The fourth-order valence-corrected chi connectivity index (χ4v) is 5.03. The van der Waals surface area contributed by atoms with Crippen molar-refractivity contribution in [2.45, 2.75) is 31.6 Å². The van der Waals surface area contributed by atoms with Gasteiger partial charge in [-0.25, -0.2) is 0 Å². The van der Waals surface area contributed by atoms with E-state index in [0.717, 1.165) is 39.4 Å². The van der Waals surface area contributed by atoms with Crippen molar-refractivity contribution in [2.75, 3.05) is 26.6 Å². The van der Waals surface area contributed by atoms with Gasteiger partial charge in [-0.15, -0.1) is 0 Å². The van der Waals surface area contributed by atoms with E-state index in [4.69, 9.17) is 18.7 Å². The topological polar surface area (TPSA) is 82.8 Å². The van der Waals surface area contributed by atoms with Gasteiger partial charge in [0.1, 0.15) is 5.75 Å². The van der Waals surface area contributed by atoms with Crippen molar-refractivity contribution >= 4 is 11.7 Å². The van der Waals surface area contributed by atoms with Crippen LogP contribution in [0.5, 0.6) is 17.2 Å². The Balaban J connectivity index is 1.60. The monoisotopic (exact) mass is 446 g/mol. The first kappa shape index (κ1) is 21.1. The van der Waals surface area contributed by atoms with Gasteiger partial charge >= 0.3 is 0 Å². The third-order valence-corrected chi connectivity index (χ3v) is 6.59. The summed E-state index contributed by atoms with van der Waals surface area (Å²) in [6.07, 6.45) is 1.07. The lowest BCUT2D eigenvalue weighted by Gasteiger charge is -2.35. The van der Waals surface area contributed by atoms with E-state index in [0.29, 0.717) is 30.2 Å². The van der Waals surface area contributed by atoms with Crippen LogP contribution >= 0.6 is 0 Å². The molecule has 0 saturated heterocycles. The molecule has 5 rings (SSSR count). The van der Waals surface area contributed by atoms with Gasteiger partial charge in [-0.3, -0.25) is 4.79 Å². The van der Waals surface area contributed by atoms with Gasteiger partial charge in [-0.2, -0.15) is 0 Å². The normalized spacial score (nSPS) is 19.5. The van der Waals surface area contributed by atoms with Gasteiger partial charge in [0.15, 0.2) is 17.3 Å². The zero-order chi connectivity index (χ0) is 23.1. The number of para-hydroxylation sites is 1. The van der Waals surface area contributed by atoms with Crippen molar-refractivity contribution in [3.05, 3.63) is 76.1 Å². The highest BCUT2D eigenvalue weighted by Crippen LogP contribution is 2.51. The number of ketones is 1. The van der Waals surface area contributed by atoms with Crippen LogP contribution in [0.1, 0.15) is 47.1 Å². The molecule has 0 amide bonds. The number of allylic oxidation sites excluding steroid dienone is 2. The minimum atomic E-state index is -0.294. The summed E-state index contributed by atoms with van der Waals surface area (Å²) in [5.41, 5.74) is 5.23. The number of rotatable bonds is 5. The minimum absolute atomic E-state index is 0.00689. The summed E-state index contributed by atoms with van der Waals surface area (Å²) < 4.78 is 22.1. The van der Waals surface area contributed by atoms with Gasteiger partial charge in [-0.1, -0.05) is 29.4 Å². The van der Waals surface area contributed by atoms with Crippen LogP contribution < -0.4 is 19.5 Å². The zero-order valence-electron chi connectivity index (χ0n) is 19.1. The summed E-state index contributed by atoms with van der Waals surface area (Å²) in [5, 5.41) is 7.56. The van der Waals surface area contributed by atoms with Gasteiger partial charge in [0.2, 0.25) is 5.88 Å². The van der Waals surface area contributed by atoms with E-state index < -0.39 is 0 Å². The molecule has 2 unspecified atom stereocenters. The van der Waals surface area contributed by atoms with Crippen molar-refractivity contribution < 1.29 is 23.5 Å². The number of ether oxygens (including phenoxy) is 3. The molecule has 7 nitrogen and oxygen atoms in total. The minimum Gasteiger partial charge on any atom is -0.496 e. The molecule has 33 heavy (non-hydrogen) atoms. The number of hydrogen-bond donors (Lipinski definition) is 1. The van der Waals surface area contributed by atoms with Gasteiger partial charge < -0.3 is 24.1 Å². The number of fused-ring (bicyclic) bond motifs is 1. The van der Waals surface area contributed by atoms with Gasteiger partial charge in [0, 0.05) is 23.3 Å². The number of benzene rings is 2. The highest BCUT2D eigenvalue weighted by atomic mass is 16.5. The molecule has 2 aliphatic rings. The van der Waals surface area contributed by atoms with Gasteiger partial charge in [0.25, 0.3) is 0 Å². The average molecular weight is 447 g/mol. The second-order valence-corrected chi connectivity index (χ2v) is 8.35. The molecular weight excluding hydrogens is 420 g/mol. The van der Waals surface area contributed by atoms with E-state index >= 15 is 0 Å². The van der Waals surface area contributed by atoms with Crippen LogP contribution in [0.2, 0.25) is 0 Å². The van der Waals surface area contributed by atoms with Gasteiger partial charge in [-0.05, 0) is 43.0 Å². The van der Waals surface area contributed by atoms with Crippen LogP contribution in [-0.2, 0) is 4.79 Å². The molecule has 0 radical (unpaired) electrons. The molecule has 3 aromatic rings. The number of carbonyl (C=O) groups excluding carboxylic acids is 1. The summed E-state index contributed by atoms with van der Waals surface area (Å²) >= 11 is 0. The zero-order valence-corrected chi connectivity index (χ0v) is 19.1. The first-order valence-electron chi connectivity index (χ1n) is 10.9. The predicted molar refractivity (Wildman–Crippen MR) is 123 cm³/mol. The van der Waals surface area contributed by atoms with Crippen LogP contribution in [0.15, 0.2) is 58.3 Å². The third-order valence-electron chi connectivity index (χ3n) is 6.59. The van der Waals surface area contributed by atoms with Crippen LogP contribution in [0.4, 0.5) is 5.88 Å². The Kier molecular flexibility index (Phi) is 5.32. The molecule has 2 atom stereocenters. The SMILES string of the molecule is COc1ccc(C2CC(=O)C3=C(C2)Nc2onc(C)c2C3c2ccccc2OC)cc1OC. The smallest absolute Gasteiger partial charge is 0.233 e. The van der Waals surface area contributed by atoms with E-state index in [1.54, 1.807) is 21.3 Å². The summed E-state index contributed by atoms with van der Waals surface area (Å²) in [6.45, 7) is 1.90. The molecule has 1 aromatic heterocycles. The number of aryl methyl sites for hydroxylation is 1. The van der Waals surface area contributed by atoms with Crippen molar-refractivity contribution in [3.63, 3.8) is 0 Å². The summed E-state index contributed by atoms with van der Waals surface area (Å²) in [5.74, 6) is 2.45. The lowest BCUT2D eigenvalue weighted by molar-refractivity contribution is -0.116. The number of nitrogens with zero attached hydrogens (tertiary/aromatic N) is 1. The molecule has 0 bridgehead atoms. The van der Waals surface area contributed by atoms with E-state index in [2.05, 4.69) is 10.5 Å². The molecule has 0 spiro atoms. The predicted octanol–water partition coefficient (Wildman–Crippen LogP) is 4.97. The highest BCUT2D eigenvalue weighted by Gasteiger charge is 2.42. The van der Waals surface area contributed by atoms with E-state index in [1.165, 1.54) is 0 Å². The quantitative estimate of drug-likeness (QED) is 0.593.